The topological polar surface area (TPSA) is 12.4 Å². The van der Waals surface area contributed by atoms with Crippen LogP contribution >= 0.6 is 34.4 Å². The van der Waals surface area contributed by atoms with Gasteiger partial charge in [0.25, 0.3) is 0 Å². The highest BCUT2D eigenvalue weighted by Gasteiger charge is 2.35. The number of nitrogens with zero attached hydrogens (tertiary/aromatic N) is 1. The summed E-state index contributed by atoms with van der Waals surface area (Å²) >= 11 is 4.21. The molecule has 0 radical (unpaired) electrons. The van der Waals surface area contributed by atoms with Gasteiger partial charge in [-0.2, -0.15) is 0 Å². The van der Waals surface area contributed by atoms with Gasteiger partial charge in [-0.05, 0) is 106 Å². The number of benzene rings is 2. The SMILES string of the molecule is C1=NCCS1.Ic1ccc2c3c(ccc2c1)C1=C(CCC=C1)C(C1CCC1)C3. The summed E-state index contributed by atoms with van der Waals surface area (Å²) in [4.78, 5) is 3.92. The predicted octanol–water partition coefficient (Wildman–Crippen LogP) is 7.28. The molecule has 2 aromatic rings. The fraction of sp³-hybridized carbons (Fsp3) is 0.400. The van der Waals surface area contributed by atoms with Gasteiger partial charge < -0.3 is 0 Å². The Bertz CT molecular complexity index is 977. The Morgan fingerprint density at radius 2 is 2.04 bits per heavy atom. The smallest absolute Gasteiger partial charge is 0.0542 e. The number of hydrogen-bond donors (Lipinski definition) is 0. The summed E-state index contributed by atoms with van der Waals surface area (Å²) in [5.41, 5.74) is 8.37. The molecule has 1 heterocycles. The predicted molar refractivity (Wildman–Crippen MR) is 132 cm³/mol. The molecular weight excluding hydrogens is 473 g/mol. The van der Waals surface area contributed by atoms with Crippen molar-refractivity contribution in [2.24, 2.45) is 16.8 Å². The van der Waals surface area contributed by atoms with E-state index in [1.165, 1.54) is 64.2 Å². The maximum absolute atomic E-state index is 3.92. The first-order chi connectivity index (χ1) is 13.8. The van der Waals surface area contributed by atoms with E-state index < -0.39 is 0 Å². The molecule has 0 bridgehead atoms. The van der Waals surface area contributed by atoms with Gasteiger partial charge in [0.05, 0.1) is 5.55 Å². The van der Waals surface area contributed by atoms with E-state index in [0.29, 0.717) is 0 Å². The molecule has 144 valence electrons. The average Bonchev–Trinajstić information content (AvgIpc) is 3.26. The molecule has 3 aliphatic carbocycles. The molecule has 0 amide bonds. The molecule has 1 nitrogen and oxygen atoms in total. The van der Waals surface area contributed by atoms with Crippen molar-refractivity contribution >= 4 is 56.2 Å². The maximum atomic E-state index is 3.92. The number of fused-ring (bicyclic) bond motifs is 4. The van der Waals surface area contributed by atoms with Gasteiger partial charge in [0, 0.05) is 15.9 Å². The molecule has 1 saturated carbocycles. The van der Waals surface area contributed by atoms with E-state index in [1.54, 1.807) is 28.5 Å². The highest BCUT2D eigenvalue weighted by molar-refractivity contribution is 14.1. The monoisotopic (exact) mass is 499 g/mol. The van der Waals surface area contributed by atoms with Gasteiger partial charge >= 0.3 is 0 Å². The molecule has 2 aromatic carbocycles. The van der Waals surface area contributed by atoms with Crippen LogP contribution in [-0.2, 0) is 6.42 Å². The third kappa shape index (κ3) is 3.60. The van der Waals surface area contributed by atoms with E-state index in [-0.39, 0.29) is 0 Å². The number of allylic oxidation sites excluding steroid dienone is 4. The highest BCUT2D eigenvalue weighted by atomic mass is 127. The minimum Gasteiger partial charge on any atom is -0.285 e. The van der Waals surface area contributed by atoms with Crippen molar-refractivity contribution in [2.45, 2.75) is 38.5 Å². The number of halogens is 1. The van der Waals surface area contributed by atoms with Crippen molar-refractivity contribution in [2.75, 3.05) is 12.3 Å². The first-order valence-electron chi connectivity index (χ1n) is 10.5. The molecule has 3 heteroatoms. The fourth-order valence-corrected chi connectivity index (χ4v) is 6.11. The minimum atomic E-state index is 0.807. The number of hydrogen-bond acceptors (Lipinski definition) is 2. The highest BCUT2D eigenvalue weighted by Crippen LogP contribution is 2.49. The van der Waals surface area contributed by atoms with Gasteiger partial charge in [-0.25, -0.2) is 0 Å². The van der Waals surface area contributed by atoms with E-state index in [0.717, 1.165) is 18.4 Å². The van der Waals surface area contributed by atoms with Crippen molar-refractivity contribution in [3.8, 4) is 0 Å². The lowest BCUT2D eigenvalue weighted by Gasteiger charge is -2.40. The summed E-state index contributed by atoms with van der Waals surface area (Å²) < 4.78 is 1.33. The number of thioether (sulfide) groups is 1. The second-order valence-electron chi connectivity index (χ2n) is 8.22. The van der Waals surface area contributed by atoms with Crippen LogP contribution in [0.1, 0.15) is 43.2 Å². The summed E-state index contributed by atoms with van der Waals surface area (Å²) in [7, 11) is 0. The molecule has 1 unspecified atom stereocenters. The minimum absolute atomic E-state index is 0.807. The molecule has 0 saturated heterocycles. The van der Waals surface area contributed by atoms with Crippen LogP contribution in [0.4, 0.5) is 0 Å². The first kappa shape index (κ1) is 18.9. The van der Waals surface area contributed by atoms with Crippen molar-refractivity contribution in [1.82, 2.24) is 0 Å². The van der Waals surface area contributed by atoms with Crippen LogP contribution in [0, 0.1) is 15.4 Å². The Hall–Kier alpha value is -1.07. The lowest BCUT2D eigenvalue weighted by atomic mass is 9.64. The fourth-order valence-electron chi connectivity index (χ4n) is 5.07. The maximum Gasteiger partial charge on any atom is 0.0542 e. The molecule has 6 rings (SSSR count). The van der Waals surface area contributed by atoms with Crippen LogP contribution < -0.4 is 0 Å². The lowest BCUT2D eigenvalue weighted by molar-refractivity contribution is 0.227. The van der Waals surface area contributed by atoms with Crippen LogP contribution in [-0.4, -0.2) is 17.8 Å². The second kappa shape index (κ2) is 8.35. The van der Waals surface area contributed by atoms with Crippen molar-refractivity contribution in [1.29, 1.82) is 0 Å². The van der Waals surface area contributed by atoms with Crippen molar-refractivity contribution in [3.05, 3.63) is 62.8 Å². The summed E-state index contributed by atoms with van der Waals surface area (Å²) in [6, 6.07) is 11.7. The Labute approximate surface area is 185 Å². The van der Waals surface area contributed by atoms with Crippen LogP contribution in [0.2, 0.25) is 0 Å². The van der Waals surface area contributed by atoms with Gasteiger partial charge in [0.15, 0.2) is 0 Å². The van der Waals surface area contributed by atoms with E-state index in [9.17, 15) is 0 Å². The standard InChI is InChI=1S/C22H21I.C3H5NS/c23-16-9-11-17-15(12-16)8-10-20-18-6-1-2-7-19(18)21(13-22(17)20)14-4-3-5-14;1-2-5-3-4-1/h1,6,8-12,14,21H,2-5,7,13H2;3H,1-2H2. The number of rotatable bonds is 1. The van der Waals surface area contributed by atoms with Crippen LogP contribution in [0.15, 0.2) is 53.0 Å². The zero-order chi connectivity index (χ0) is 18.9. The largest absolute Gasteiger partial charge is 0.285 e. The molecule has 4 aliphatic rings. The molecule has 0 N–H and O–H groups in total. The summed E-state index contributed by atoms with van der Waals surface area (Å²) in [5.74, 6) is 2.94. The number of aliphatic imine (C=N–C) groups is 1. The lowest BCUT2D eigenvalue weighted by Crippen LogP contribution is -2.29. The average molecular weight is 499 g/mol. The van der Waals surface area contributed by atoms with Crippen LogP contribution in [0.25, 0.3) is 16.3 Å². The summed E-state index contributed by atoms with van der Waals surface area (Å²) in [6.45, 7) is 1.03. The molecule has 0 spiro atoms. The quantitative estimate of drug-likeness (QED) is 0.376. The third-order valence-electron chi connectivity index (χ3n) is 6.67. The molecule has 1 fully saturated rings. The third-order valence-corrected chi connectivity index (χ3v) is 8.06. The summed E-state index contributed by atoms with van der Waals surface area (Å²) in [5, 5.41) is 2.89. The van der Waals surface area contributed by atoms with Crippen molar-refractivity contribution < 1.29 is 0 Å². The van der Waals surface area contributed by atoms with Gasteiger partial charge in [0.2, 0.25) is 0 Å². The molecule has 0 aromatic heterocycles. The normalized spacial score (nSPS) is 23.1. The van der Waals surface area contributed by atoms with Gasteiger partial charge in [-0.3, -0.25) is 4.99 Å². The Balaban J connectivity index is 0.000000300. The molecule has 28 heavy (non-hydrogen) atoms. The van der Waals surface area contributed by atoms with Crippen LogP contribution in [0.5, 0.6) is 0 Å². The van der Waals surface area contributed by atoms with E-state index >= 15 is 0 Å². The van der Waals surface area contributed by atoms with E-state index in [4.69, 9.17) is 0 Å². The van der Waals surface area contributed by atoms with Gasteiger partial charge in [-0.1, -0.05) is 42.3 Å². The zero-order valence-corrected chi connectivity index (χ0v) is 19.1. The summed E-state index contributed by atoms with van der Waals surface area (Å²) in [6.07, 6.45) is 12.9. The van der Waals surface area contributed by atoms with Crippen LogP contribution in [0.3, 0.4) is 0 Å². The first-order valence-corrected chi connectivity index (χ1v) is 12.6. The van der Waals surface area contributed by atoms with Crippen molar-refractivity contribution in [3.63, 3.8) is 0 Å². The van der Waals surface area contributed by atoms with Gasteiger partial charge in [0.1, 0.15) is 0 Å². The second-order valence-corrected chi connectivity index (χ2v) is 10.4. The molecular formula is C25H26INS. The Morgan fingerprint density at radius 1 is 1.11 bits per heavy atom. The van der Waals surface area contributed by atoms with E-state index in [1.807, 2.05) is 5.55 Å². The Kier molecular flexibility index (Phi) is 5.64. The zero-order valence-electron chi connectivity index (χ0n) is 16.2. The van der Waals surface area contributed by atoms with Gasteiger partial charge in [-0.15, -0.1) is 11.8 Å². The Morgan fingerprint density at radius 3 is 2.75 bits per heavy atom. The molecule has 1 aliphatic heterocycles. The van der Waals surface area contributed by atoms with E-state index in [2.05, 4.69) is 70.1 Å². The molecule has 1 atom stereocenters.